The predicted molar refractivity (Wildman–Crippen MR) is 106 cm³/mol. The molecule has 4 nitrogen and oxygen atoms in total. The molecule has 1 aromatic heterocycles. The van der Waals surface area contributed by atoms with Crippen molar-refractivity contribution >= 4 is 11.3 Å². The molecule has 3 rings (SSSR count). The van der Waals surface area contributed by atoms with Crippen LogP contribution in [0.5, 0.6) is 5.75 Å². The first-order valence-electron chi connectivity index (χ1n) is 9.78. The van der Waals surface area contributed by atoms with Gasteiger partial charge in [-0.3, -0.25) is 0 Å². The summed E-state index contributed by atoms with van der Waals surface area (Å²) in [7, 11) is 0. The quantitative estimate of drug-likeness (QED) is 0.614. The summed E-state index contributed by atoms with van der Waals surface area (Å²) in [6.07, 6.45) is 2.20. The molecule has 5 heteroatoms. The SMILES string of the molecule is CC1CC[NH+]([C@@H](C[NH2+]C[C@H](O)COc2ccccc2)c2cccs2)CC1. The number of hydrogen-bond donors (Lipinski definition) is 3. The zero-order valence-corrected chi connectivity index (χ0v) is 16.5. The van der Waals surface area contributed by atoms with Crippen LogP contribution in [0.3, 0.4) is 0 Å². The molecule has 1 fully saturated rings. The van der Waals surface area contributed by atoms with E-state index in [4.69, 9.17) is 4.74 Å². The van der Waals surface area contributed by atoms with Crippen molar-refractivity contribution in [1.82, 2.24) is 0 Å². The lowest BCUT2D eigenvalue weighted by molar-refractivity contribution is -0.950. The number of nitrogens with two attached hydrogens (primary N) is 1. The van der Waals surface area contributed by atoms with Crippen molar-refractivity contribution in [1.29, 1.82) is 0 Å². The van der Waals surface area contributed by atoms with Crippen LogP contribution in [0.4, 0.5) is 0 Å². The maximum atomic E-state index is 10.2. The fraction of sp³-hybridized carbons (Fsp3) is 0.524. The molecular weight excluding hydrogens is 344 g/mol. The fourth-order valence-corrected chi connectivity index (χ4v) is 4.59. The van der Waals surface area contributed by atoms with E-state index in [1.807, 2.05) is 41.7 Å². The van der Waals surface area contributed by atoms with E-state index in [0.29, 0.717) is 19.2 Å². The first-order valence-corrected chi connectivity index (χ1v) is 10.7. The lowest BCUT2D eigenvalue weighted by Crippen LogP contribution is -3.15. The number of para-hydroxylation sites is 1. The number of ether oxygens (including phenoxy) is 1. The van der Waals surface area contributed by atoms with Crippen LogP contribution in [0.15, 0.2) is 47.8 Å². The molecule has 0 bridgehead atoms. The van der Waals surface area contributed by atoms with Gasteiger partial charge in [-0.25, -0.2) is 0 Å². The van der Waals surface area contributed by atoms with Crippen molar-refractivity contribution in [3.05, 3.63) is 52.7 Å². The van der Waals surface area contributed by atoms with Crippen LogP contribution in [0.25, 0.3) is 0 Å². The van der Waals surface area contributed by atoms with E-state index in [-0.39, 0.29) is 0 Å². The number of rotatable bonds is 9. The van der Waals surface area contributed by atoms with Gasteiger partial charge in [-0.2, -0.15) is 0 Å². The Bertz CT molecular complexity index is 612. The summed E-state index contributed by atoms with van der Waals surface area (Å²) in [4.78, 5) is 3.18. The van der Waals surface area contributed by atoms with Gasteiger partial charge < -0.3 is 20.1 Å². The molecule has 1 aliphatic rings. The Kier molecular flexibility index (Phi) is 7.50. The third kappa shape index (κ3) is 5.81. The maximum absolute atomic E-state index is 10.2. The number of likely N-dealkylation sites (tertiary alicyclic amines) is 1. The Morgan fingerprint density at radius 1 is 1.15 bits per heavy atom. The van der Waals surface area contributed by atoms with E-state index in [0.717, 1.165) is 18.2 Å². The molecular formula is C21H32N2O2S+2. The van der Waals surface area contributed by atoms with E-state index in [1.54, 1.807) is 4.90 Å². The van der Waals surface area contributed by atoms with Crippen LogP contribution in [0, 0.1) is 5.92 Å². The van der Waals surface area contributed by atoms with E-state index in [2.05, 4.69) is 29.8 Å². The van der Waals surface area contributed by atoms with Crippen molar-refractivity contribution in [2.24, 2.45) is 5.92 Å². The van der Waals surface area contributed by atoms with Gasteiger partial charge in [0.2, 0.25) is 0 Å². The summed E-state index contributed by atoms with van der Waals surface area (Å²) in [6.45, 7) is 6.93. The number of aliphatic hydroxyl groups is 1. The molecule has 1 aliphatic heterocycles. The minimum atomic E-state index is -0.449. The Morgan fingerprint density at radius 3 is 2.62 bits per heavy atom. The summed E-state index contributed by atoms with van der Waals surface area (Å²) >= 11 is 1.86. The van der Waals surface area contributed by atoms with E-state index in [1.165, 1.54) is 30.8 Å². The molecule has 0 radical (unpaired) electrons. The molecule has 2 heterocycles. The van der Waals surface area contributed by atoms with Gasteiger partial charge in [0, 0.05) is 0 Å². The molecule has 142 valence electrons. The van der Waals surface area contributed by atoms with Gasteiger partial charge in [-0.15, -0.1) is 11.3 Å². The Hall–Kier alpha value is -1.40. The van der Waals surface area contributed by atoms with E-state index >= 15 is 0 Å². The standard InChI is InChI=1S/C21H30N2O2S/c1-17-9-11-23(12-10-17)20(21-8-5-13-26-21)15-22-14-18(24)16-25-19-6-3-2-4-7-19/h2-8,13,17-18,20,22,24H,9-12,14-16H2,1H3/p+2/t18-,20-/m0/s1. The van der Waals surface area contributed by atoms with Gasteiger partial charge in [0.1, 0.15) is 31.5 Å². The zero-order chi connectivity index (χ0) is 18.2. The van der Waals surface area contributed by atoms with Crippen LogP contribution in [0.1, 0.15) is 30.7 Å². The smallest absolute Gasteiger partial charge is 0.172 e. The number of quaternary nitrogens is 2. The number of aliphatic hydroxyl groups excluding tert-OH is 1. The normalized spacial score (nSPS) is 22.7. The molecule has 0 unspecified atom stereocenters. The molecule has 26 heavy (non-hydrogen) atoms. The number of piperidine rings is 1. The fourth-order valence-electron chi connectivity index (χ4n) is 3.69. The zero-order valence-electron chi connectivity index (χ0n) is 15.6. The van der Waals surface area contributed by atoms with Crippen molar-refractivity contribution in [2.45, 2.75) is 31.9 Å². The molecule has 1 saturated heterocycles. The van der Waals surface area contributed by atoms with E-state index < -0.39 is 6.10 Å². The van der Waals surface area contributed by atoms with Gasteiger partial charge in [0.15, 0.2) is 6.04 Å². The maximum Gasteiger partial charge on any atom is 0.172 e. The Labute approximate surface area is 160 Å². The monoisotopic (exact) mass is 376 g/mol. The minimum absolute atomic E-state index is 0.346. The molecule has 1 aromatic carbocycles. The largest absolute Gasteiger partial charge is 0.491 e. The van der Waals surface area contributed by atoms with Crippen molar-refractivity contribution in [3.63, 3.8) is 0 Å². The predicted octanol–water partition coefficient (Wildman–Crippen LogP) is 1.11. The molecule has 0 saturated carbocycles. The van der Waals surface area contributed by atoms with Gasteiger partial charge in [-0.05, 0) is 42.3 Å². The summed E-state index contributed by atoms with van der Waals surface area (Å²) in [5, 5.41) is 14.7. The summed E-state index contributed by atoms with van der Waals surface area (Å²) < 4.78 is 5.65. The molecule has 4 N–H and O–H groups in total. The van der Waals surface area contributed by atoms with Crippen molar-refractivity contribution in [2.75, 3.05) is 32.8 Å². The highest BCUT2D eigenvalue weighted by Gasteiger charge is 2.30. The second kappa shape index (κ2) is 10.1. The average Bonchev–Trinajstić information content (AvgIpc) is 3.20. The first kappa shape index (κ1) is 19.4. The Morgan fingerprint density at radius 2 is 1.92 bits per heavy atom. The van der Waals surface area contributed by atoms with Crippen LogP contribution in [-0.2, 0) is 0 Å². The van der Waals surface area contributed by atoms with Crippen molar-refractivity contribution < 1.29 is 20.1 Å². The molecule has 2 aromatic rings. The summed E-state index contributed by atoms with van der Waals surface area (Å²) in [5.74, 6) is 1.68. The summed E-state index contributed by atoms with van der Waals surface area (Å²) in [5.41, 5.74) is 0. The minimum Gasteiger partial charge on any atom is -0.491 e. The highest BCUT2D eigenvalue weighted by molar-refractivity contribution is 7.10. The van der Waals surface area contributed by atoms with Crippen LogP contribution < -0.4 is 15.0 Å². The Balaban J connectivity index is 1.45. The highest BCUT2D eigenvalue weighted by atomic mass is 32.1. The average molecular weight is 377 g/mol. The molecule has 0 amide bonds. The van der Waals surface area contributed by atoms with Crippen molar-refractivity contribution in [3.8, 4) is 5.75 Å². The van der Waals surface area contributed by atoms with Crippen LogP contribution in [0.2, 0.25) is 0 Å². The number of thiophene rings is 1. The van der Waals surface area contributed by atoms with Gasteiger partial charge in [-0.1, -0.05) is 31.2 Å². The van der Waals surface area contributed by atoms with Gasteiger partial charge in [0.25, 0.3) is 0 Å². The second-order valence-electron chi connectivity index (χ2n) is 7.45. The summed E-state index contributed by atoms with van der Waals surface area (Å²) in [6, 6.07) is 14.7. The number of hydrogen-bond acceptors (Lipinski definition) is 3. The number of benzene rings is 1. The first-order chi connectivity index (χ1) is 12.7. The topological polar surface area (TPSA) is 50.5 Å². The third-order valence-electron chi connectivity index (χ3n) is 5.32. The lowest BCUT2D eigenvalue weighted by atomic mass is 9.97. The molecule has 0 aliphatic carbocycles. The lowest BCUT2D eigenvalue weighted by Gasteiger charge is -2.32. The second-order valence-corrected chi connectivity index (χ2v) is 8.43. The van der Waals surface area contributed by atoms with Gasteiger partial charge in [0.05, 0.1) is 18.0 Å². The van der Waals surface area contributed by atoms with Crippen LogP contribution in [-0.4, -0.2) is 44.0 Å². The van der Waals surface area contributed by atoms with E-state index in [9.17, 15) is 5.11 Å². The molecule has 0 spiro atoms. The van der Waals surface area contributed by atoms with Gasteiger partial charge >= 0.3 is 0 Å². The molecule has 2 atom stereocenters. The third-order valence-corrected chi connectivity index (χ3v) is 6.31. The highest BCUT2D eigenvalue weighted by Crippen LogP contribution is 2.17. The van der Waals surface area contributed by atoms with Crippen LogP contribution >= 0.6 is 11.3 Å². The number of nitrogens with one attached hydrogen (secondary N) is 1.